The Morgan fingerprint density at radius 1 is 1.47 bits per heavy atom. The molecule has 1 aliphatic rings. The minimum atomic E-state index is -0.548. The molecule has 5 heteroatoms. The van der Waals surface area contributed by atoms with Crippen molar-refractivity contribution in [2.75, 3.05) is 19.8 Å². The molecule has 0 amide bonds. The summed E-state index contributed by atoms with van der Waals surface area (Å²) in [5, 5.41) is 0. The van der Waals surface area contributed by atoms with Crippen LogP contribution in [-0.2, 0) is 4.74 Å². The van der Waals surface area contributed by atoms with Crippen LogP contribution in [0.25, 0.3) is 11.1 Å². The van der Waals surface area contributed by atoms with Crippen molar-refractivity contribution < 1.29 is 13.9 Å². The molecule has 5 nitrogen and oxygen atoms in total. The monoisotopic (exact) mass is 232 g/mol. The van der Waals surface area contributed by atoms with Gasteiger partial charge in [0.15, 0.2) is 17.8 Å². The van der Waals surface area contributed by atoms with E-state index in [0.717, 1.165) is 5.52 Å². The summed E-state index contributed by atoms with van der Waals surface area (Å²) in [4.78, 5) is 16.3. The Labute approximate surface area is 97.6 Å². The van der Waals surface area contributed by atoms with Crippen molar-refractivity contribution >= 4 is 16.9 Å². The highest BCUT2D eigenvalue weighted by Gasteiger charge is 2.44. The number of oxazole rings is 1. The SMILES string of the molecule is NCC1(C(=O)c2ccc3ncoc3c2)COC1. The van der Waals surface area contributed by atoms with E-state index in [1.54, 1.807) is 18.2 Å². The molecule has 2 aromatic rings. The van der Waals surface area contributed by atoms with E-state index in [1.165, 1.54) is 6.39 Å². The molecular formula is C12H12N2O3. The van der Waals surface area contributed by atoms with Crippen LogP contribution in [0.5, 0.6) is 0 Å². The maximum Gasteiger partial charge on any atom is 0.181 e. The predicted octanol–water partition coefficient (Wildman–Crippen LogP) is 0.986. The quantitative estimate of drug-likeness (QED) is 0.798. The van der Waals surface area contributed by atoms with Gasteiger partial charge in [0.1, 0.15) is 5.52 Å². The van der Waals surface area contributed by atoms with E-state index in [9.17, 15) is 4.79 Å². The number of aromatic nitrogens is 1. The van der Waals surface area contributed by atoms with Crippen LogP contribution < -0.4 is 5.73 Å². The molecule has 0 unspecified atom stereocenters. The molecule has 2 N–H and O–H groups in total. The lowest BCUT2D eigenvalue weighted by molar-refractivity contribution is -0.0816. The Morgan fingerprint density at radius 3 is 2.94 bits per heavy atom. The first kappa shape index (κ1) is 10.4. The Bertz CT molecular complexity index is 566. The van der Waals surface area contributed by atoms with Gasteiger partial charge in [0.25, 0.3) is 0 Å². The Morgan fingerprint density at radius 2 is 2.29 bits per heavy atom. The summed E-state index contributed by atoms with van der Waals surface area (Å²) < 4.78 is 10.3. The van der Waals surface area contributed by atoms with Crippen molar-refractivity contribution in [3.8, 4) is 0 Å². The average Bonchev–Trinajstić information content (AvgIpc) is 2.74. The summed E-state index contributed by atoms with van der Waals surface area (Å²) >= 11 is 0. The zero-order valence-electron chi connectivity index (χ0n) is 9.18. The van der Waals surface area contributed by atoms with E-state index in [-0.39, 0.29) is 5.78 Å². The molecular weight excluding hydrogens is 220 g/mol. The first-order chi connectivity index (χ1) is 8.25. The number of carbonyl (C=O) groups excluding carboxylic acids is 1. The van der Waals surface area contributed by atoms with Gasteiger partial charge in [-0.3, -0.25) is 4.79 Å². The summed E-state index contributed by atoms with van der Waals surface area (Å²) in [6, 6.07) is 5.24. The van der Waals surface area contributed by atoms with E-state index in [1.807, 2.05) is 0 Å². The zero-order chi connectivity index (χ0) is 11.9. The Balaban J connectivity index is 2.00. The summed E-state index contributed by atoms with van der Waals surface area (Å²) in [5.74, 6) is 0.0181. The lowest BCUT2D eigenvalue weighted by Gasteiger charge is -2.38. The number of ketones is 1. The third-order valence-electron chi connectivity index (χ3n) is 3.22. The maximum absolute atomic E-state index is 12.3. The minimum Gasteiger partial charge on any atom is -0.443 e. The van der Waals surface area contributed by atoms with Gasteiger partial charge in [-0.15, -0.1) is 0 Å². The molecule has 0 spiro atoms. The molecule has 88 valence electrons. The van der Waals surface area contributed by atoms with Gasteiger partial charge < -0.3 is 14.9 Å². The Kier molecular flexibility index (Phi) is 2.24. The average molecular weight is 232 g/mol. The summed E-state index contributed by atoms with van der Waals surface area (Å²) in [6.07, 6.45) is 1.37. The first-order valence-electron chi connectivity index (χ1n) is 5.41. The minimum absolute atomic E-state index is 0.0181. The van der Waals surface area contributed by atoms with E-state index < -0.39 is 5.41 Å². The molecule has 1 saturated heterocycles. The number of Topliss-reactive ketones (excluding diaryl/α,β-unsaturated/α-hetero) is 1. The van der Waals surface area contributed by atoms with Crippen molar-refractivity contribution in [1.29, 1.82) is 0 Å². The van der Waals surface area contributed by atoms with Gasteiger partial charge in [-0.1, -0.05) is 0 Å². The molecule has 0 radical (unpaired) electrons. The lowest BCUT2D eigenvalue weighted by Crippen LogP contribution is -2.54. The second kappa shape index (κ2) is 3.65. The van der Waals surface area contributed by atoms with Crippen LogP contribution in [0.4, 0.5) is 0 Å². The second-order valence-electron chi connectivity index (χ2n) is 4.34. The van der Waals surface area contributed by atoms with Crippen LogP contribution in [0.3, 0.4) is 0 Å². The molecule has 1 aromatic heterocycles. The maximum atomic E-state index is 12.3. The van der Waals surface area contributed by atoms with Crippen molar-refractivity contribution in [2.45, 2.75) is 0 Å². The first-order valence-corrected chi connectivity index (χ1v) is 5.41. The summed E-state index contributed by atoms with van der Waals surface area (Å²) in [6.45, 7) is 1.10. The molecule has 17 heavy (non-hydrogen) atoms. The molecule has 1 fully saturated rings. The summed E-state index contributed by atoms with van der Waals surface area (Å²) in [5.41, 5.74) is 7.07. The van der Waals surface area contributed by atoms with Crippen LogP contribution >= 0.6 is 0 Å². The third-order valence-corrected chi connectivity index (χ3v) is 3.22. The van der Waals surface area contributed by atoms with E-state index >= 15 is 0 Å². The molecule has 0 bridgehead atoms. The van der Waals surface area contributed by atoms with Gasteiger partial charge in [-0.25, -0.2) is 4.98 Å². The number of fused-ring (bicyclic) bond motifs is 1. The van der Waals surface area contributed by atoms with Crippen LogP contribution in [0, 0.1) is 5.41 Å². The van der Waals surface area contributed by atoms with Crippen molar-refractivity contribution in [2.24, 2.45) is 11.1 Å². The highest BCUT2D eigenvalue weighted by Crippen LogP contribution is 2.31. The van der Waals surface area contributed by atoms with Crippen molar-refractivity contribution in [3.63, 3.8) is 0 Å². The second-order valence-corrected chi connectivity index (χ2v) is 4.34. The standard InChI is InChI=1S/C12H12N2O3/c13-4-12(5-16-6-12)11(15)8-1-2-9-10(3-8)17-7-14-9/h1-3,7H,4-6,13H2. The number of nitrogens with two attached hydrogens (primary N) is 1. The van der Waals surface area contributed by atoms with Gasteiger partial charge in [-0.05, 0) is 18.2 Å². The molecule has 3 rings (SSSR count). The fourth-order valence-corrected chi connectivity index (χ4v) is 1.99. The van der Waals surface area contributed by atoms with Gasteiger partial charge in [0.2, 0.25) is 0 Å². The van der Waals surface area contributed by atoms with E-state index in [0.29, 0.717) is 30.9 Å². The van der Waals surface area contributed by atoms with Crippen LogP contribution in [0.1, 0.15) is 10.4 Å². The van der Waals surface area contributed by atoms with Crippen LogP contribution in [-0.4, -0.2) is 30.5 Å². The fraction of sp³-hybridized carbons (Fsp3) is 0.333. The predicted molar refractivity (Wildman–Crippen MR) is 60.6 cm³/mol. The van der Waals surface area contributed by atoms with Crippen LogP contribution in [0.15, 0.2) is 29.0 Å². The molecule has 0 atom stereocenters. The van der Waals surface area contributed by atoms with Crippen molar-refractivity contribution in [1.82, 2.24) is 4.98 Å². The van der Waals surface area contributed by atoms with E-state index in [4.69, 9.17) is 14.9 Å². The van der Waals surface area contributed by atoms with Gasteiger partial charge >= 0.3 is 0 Å². The molecule has 1 aromatic carbocycles. The third kappa shape index (κ3) is 1.47. The number of ether oxygens (including phenoxy) is 1. The topological polar surface area (TPSA) is 78.4 Å². The highest BCUT2D eigenvalue weighted by molar-refractivity contribution is 6.03. The Hall–Kier alpha value is -1.72. The lowest BCUT2D eigenvalue weighted by atomic mass is 9.78. The molecule has 0 saturated carbocycles. The van der Waals surface area contributed by atoms with Gasteiger partial charge in [0.05, 0.1) is 18.6 Å². The smallest absolute Gasteiger partial charge is 0.181 e. The van der Waals surface area contributed by atoms with Gasteiger partial charge in [0, 0.05) is 12.1 Å². The largest absolute Gasteiger partial charge is 0.443 e. The highest BCUT2D eigenvalue weighted by atomic mass is 16.5. The number of hydrogen-bond donors (Lipinski definition) is 1. The zero-order valence-corrected chi connectivity index (χ0v) is 9.18. The molecule has 0 aliphatic carbocycles. The summed E-state index contributed by atoms with van der Waals surface area (Å²) in [7, 11) is 0. The van der Waals surface area contributed by atoms with E-state index in [2.05, 4.69) is 4.98 Å². The van der Waals surface area contributed by atoms with Crippen molar-refractivity contribution in [3.05, 3.63) is 30.2 Å². The fourth-order valence-electron chi connectivity index (χ4n) is 1.99. The molecule has 2 heterocycles. The number of carbonyl (C=O) groups is 1. The van der Waals surface area contributed by atoms with Crippen LogP contribution in [0.2, 0.25) is 0 Å². The number of rotatable bonds is 3. The normalized spacial score (nSPS) is 17.9. The molecule has 1 aliphatic heterocycles. The number of nitrogens with zero attached hydrogens (tertiary/aromatic N) is 1. The number of benzene rings is 1. The number of hydrogen-bond acceptors (Lipinski definition) is 5. The van der Waals surface area contributed by atoms with Gasteiger partial charge in [-0.2, -0.15) is 0 Å².